The van der Waals surface area contributed by atoms with Gasteiger partial charge in [0.25, 0.3) is 11.8 Å². The largest absolute Gasteiger partial charge is 0.484 e. The van der Waals surface area contributed by atoms with Gasteiger partial charge in [0, 0.05) is 33.1 Å². The zero-order valence-electron chi connectivity index (χ0n) is 18.0. The molecule has 35 heavy (non-hydrogen) atoms. The number of halogens is 2. The predicted molar refractivity (Wildman–Crippen MR) is 134 cm³/mol. The first-order valence-electron chi connectivity index (χ1n) is 10.3. The molecule has 3 N–H and O–H groups in total. The third kappa shape index (κ3) is 6.50. The summed E-state index contributed by atoms with van der Waals surface area (Å²) in [5.41, 5.74) is -0.0712. The second-order valence-corrected chi connectivity index (χ2v) is 8.10. The highest BCUT2D eigenvalue weighted by Crippen LogP contribution is 2.26. The maximum Gasteiger partial charge on any atom is 0.263 e. The van der Waals surface area contributed by atoms with Crippen molar-refractivity contribution in [1.82, 2.24) is 9.97 Å². The van der Waals surface area contributed by atoms with E-state index in [0.717, 1.165) is 0 Å². The first-order chi connectivity index (χ1) is 16.9. The summed E-state index contributed by atoms with van der Waals surface area (Å²) in [6.07, 6.45) is 2.80. The Morgan fingerprint density at radius 1 is 0.829 bits per heavy atom. The van der Waals surface area contributed by atoms with Gasteiger partial charge < -0.3 is 25.1 Å². The molecule has 0 saturated carbocycles. The molecular weight excluding hydrogens is 495 g/mol. The fourth-order valence-corrected chi connectivity index (χ4v) is 3.32. The maximum atomic E-state index is 12.4. The highest BCUT2D eigenvalue weighted by molar-refractivity contribution is 6.30. The van der Waals surface area contributed by atoms with E-state index in [4.69, 9.17) is 32.7 Å². The Labute approximate surface area is 209 Å². The van der Waals surface area contributed by atoms with E-state index in [2.05, 4.69) is 20.6 Å². The Kier molecular flexibility index (Phi) is 7.49. The molecule has 0 aliphatic carbocycles. The summed E-state index contributed by atoms with van der Waals surface area (Å²) in [5, 5.41) is 7.22. The first kappa shape index (κ1) is 24.1. The van der Waals surface area contributed by atoms with Gasteiger partial charge in [0.2, 0.25) is 5.56 Å². The molecule has 4 rings (SSSR count). The van der Waals surface area contributed by atoms with Gasteiger partial charge in [-0.15, -0.1) is 0 Å². The van der Waals surface area contributed by atoms with Gasteiger partial charge in [-0.05, 0) is 48.5 Å². The normalized spacial score (nSPS) is 10.6. The number of amides is 2. The predicted octanol–water partition coefficient (Wildman–Crippen LogP) is 4.26. The SMILES string of the molecule is O=C(COc1ccc(Cl)cc1)Nc1cnc(NC(=O)COc2ccc(Cl)cc2)c2cc(=O)[nH]cc12. The minimum absolute atomic E-state index is 0.145. The van der Waals surface area contributed by atoms with Crippen LogP contribution in [0.2, 0.25) is 10.0 Å². The van der Waals surface area contributed by atoms with Crippen LogP contribution in [-0.4, -0.2) is 35.0 Å². The van der Waals surface area contributed by atoms with Gasteiger partial charge in [-0.1, -0.05) is 23.2 Å². The van der Waals surface area contributed by atoms with Crippen molar-refractivity contribution in [2.75, 3.05) is 23.8 Å². The van der Waals surface area contributed by atoms with Gasteiger partial charge in [-0.25, -0.2) is 4.98 Å². The molecule has 11 heteroatoms. The van der Waals surface area contributed by atoms with Gasteiger partial charge in [-0.2, -0.15) is 0 Å². The summed E-state index contributed by atoms with van der Waals surface area (Å²) in [7, 11) is 0. The summed E-state index contributed by atoms with van der Waals surface area (Å²) in [4.78, 5) is 43.5. The summed E-state index contributed by atoms with van der Waals surface area (Å²) < 4.78 is 10.9. The number of nitrogens with one attached hydrogen (secondary N) is 3. The Morgan fingerprint density at radius 3 is 1.94 bits per heavy atom. The van der Waals surface area contributed by atoms with Crippen LogP contribution in [0.15, 0.2) is 71.8 Å². The monoisotopic (exact) mass is 512 g/mol. The number of rotatable bonds is 8. The van der Waals surface area contributed by atoms with Crippen molar-refractivity contribution in [2.45, 2.75) is 0 Å². The Balaban J connectivity index is 1.45. The number of pyridine rings is 2. The smallest absolute Gasteiger partial charge is 0.263 e. The van der Waals surface area contributed by atoms with E-state index in [1.54, 1.807) is 48.5 Å². The van der Waals surface area contributed by atoms with Crippen LogP contribution in [0.3, 0.4) is 0 Å². The van der Waals surface area contributed by atoms with Gasteiger partial charge in [0.05, 0.1) is 11.9 Å². The number of fused-ring (bicyclic) bond motifs is 1. The number of aromatic nitrogens is 2. The van der Waals surface area contributed by atoms with Crippen molar-refractivity contribution in [3.05, 3.63) is 87.4 Å². The van der Waals surface area contributed by atoms with E-state index in [0.29, 0.717) is 38.0 Å². The molecule has 2 heterocycles. The molecule has 4 aromatic rings. The molecular formula is C24H18Cl2N4O5. The molecule has 0 bridgehead atoms. The zero-order chi connectivity index (χ0) is 24.8. The molecule has 178 valence electrons. The van der Waals surface area contributed by atoms with Gasteiger partial charge in [-0.3, -0.25) is 14.4 Å². The summed E-state index contributed by atoms with van der Waals surface area (Å²) in [6.45, 7) is -0.540. The number of hydrogen-bond acceptors (Lipinski definition) is 6. The fraction of sp³-hybridized carbons (Fsp3) is 0.0833. The second-order valence-electron chi connectivity index (χ2n) is 7.23. The van der Waals surface area contributed by atoms with E-state index in [-0.39, 0.29) is 19.0 Å². The van der Waals surface area contributed by atoms with Crippen molar-refractivity contribution in [1.29, 1.82) is 0 Å². The van der Waals surface area contributed by atoms with Crippen molar-refractivity contribution in [3.8, 4) is 11.5 Å². The van der Waals surface area contributed by atoms with Crippen molar-refractivity contribution in [3.63, 3.8) is 0 Å². The summed E-state index contributed by atoms with van der Waals surface area (Å²) >= 11 is 11.7. The Morgan fingerprint density at radius 2 is 1.37 bits per heavy atom. The van der Waals surface area contributed by atoms with Crippen molar-refractivity contribution in [2.24, 2.45) is 0 Å². The first-order valence-corrected chi connectivity index (χ1v) is 11.0. The number of H-pyrrole nitrogens is 1. The van der Waals surface area contributed by atoms with E-state index >= 15 is 0 Å². The van der Waals surface area contributed by atoms with E-state index in [1.165, 1.54) is 18.5 Å². The lowest BCUT2D eigenvalue weighted by molar-refractivity contribution is -0.118. The molecule has 0 aliphatic heterocycles. The van der Waals surface area contributed by atoms with Crippen LogP contribution in [0.4, 0.5) is 11.5 Å². The van der Waals surface area contributed by atoms with Crippen LogP contribution in [-0.2, 0) is 9.59 Å². The average molecular weight is 513 g/mol. The molecule has 2 amide bonds. The van der Waals surface area contributed by atoms with Crippen molar-refractivity contribution < 1.29 is 19.1 Å². The molecule has 0 radical (unpaired) electrons. The minimum Gasteiger partial charge on any atom is -0.484 e. The average Bonchev–Trinajstić information content (AvgIpc) is 2.85. The number of aromatic amines is 1. The molecule has 2 aromatic heterocycles. The van der Waals surface area contributed by atoms with Gasteiger partial charge in [0.1, 0.15) is 17.3 Å². The standard InChI is InChI=1S/C24H18Cl2N4O5/c25-14-1-5-16(6-2-14)34-12-22(32)29-20-11-28-24(18-9-21(31)27-10-19(18)20)30-23(33)13-35-17-7-3-15(26)4-8-17/h1-11H,12-13H2,(H,27,31)(H,29,32)(H,28,30,33). The third-order valence-electron chi connectivity index (χ3n) is 4.69. The molecule has 0 atom stereocenters. The molecule has 0 unspecified atom stereocenters. The van der Waals surface area contributed by atoms with Gasteiger partial charge in [0.15, 0.2) is 13.2 Å². The zero-order valence-corrected chi connectivity index (χ0v) is 19.5. The summed E-state index contributed by atoms with van der Waals surface area (Å²) in [5.74, 6) is 0.171. The number of nitrogens with zero attached hydrogens (tertiary/aromatic N) is 1. The highest BCUT2D eigenvalue weighted by Gasteiger charge is 2.14. The fourth-order valence-electron chi connectivity index (χ4n) is 3.07. The van der Waals surface area contributed by atoms with E-state index in [1.807, 2.05) is 0 Å². The molecule has 9 nitrogen and oxygen atoms in total. The van der Waals surface area contributed by atoms with Crippen LogP contribution < -0.4 is 25.7 Å². The number of carbonyl (C=O) groups is 2. The van der Waals surface area contributed by atoms with Crippen LogP contribution >= 0.6 is 23.2 Å². The number of hydrogen-bond donors (Lipinski definition) is 3. The minimum atomic E-state index is -0.484. The number of anilines is 2. The number of benzene rings is 2. The Hall–Kier alpha value is -4.08. The van der Waals surface area contributed by atoms with E-state index in [9.17, 15) is 14.4 Å². The maximum absolute atomic E-state index is 12.4. The topological polar surface area (TPSA) is 122 Å². The second kappa shape index (κ2) is 10.9. The van der Waals surface area contributed by atoms with Crippen LogP contribution in [0, 0.1) is 0 Å². The molecule has 0 saturated heterocycles. The van der Waals surface area contributed by atoms with E-state index < -0.39 is 17.4 Å². The number of ether oxygens (including phenoxy) is 2. The van der Waals surface area contributed by atoms with Crippen LogP contribution in [0.1, 0.15) is 0 Å². The lowest BCUT2D eigenvalue weighted by Gasteiger charge is -2.13. The van der Waals surface area contributed by atoms with Crippen LogP contribution in [0.25, 0.3) is 10.8 Å². The highest BCUT2D eigenvalue weighted by atomic mass is 35.5. The molecule has 0 spiro atoms. The molecule has 0 fully saturated rings. The molecule has 0 aliphatic rings. The van der Waals surface area contributed by atoms with Gasteiger partial charge >= 0.3 is 0 Å². The van der Waals surface area contributed by atoms with Crippen molar-refractivity contribution >= 4 is 57.3 Å². The lowest BCUT2D eigenvalue weighted by Crippen LogP contribution is -2.22. The third-order valence-corrected chi connectivity index (χ3v) is 5.20. The quantitative estimate of drug-likeness (QED) is 0.324. The Bertz CT molecular complexity index is 1420. The number of carbonyl (C=O) groups excluding carboxylic acids is 2. The summed E-state index contributed by atoms with van der Waals surface area (Å²) in [6, 6.07) is 14.4. The lowest BCUT2D eigenvalue weighted by atomic mass is 10.2. The van der Waals surface area contributed by atoms with Crippen LogP contribution in [0.5, 0.6) is 11.5 Å². The molecule has 2 aromatic carbocycles.